The van der Waals surface area contributed by atoms with Gasteiger partial charge in [0.05, 0.1) is 17.3 Å². The molecule has 29 heavy (non-hydrogen) atoms. The minimum atomic E-state index is -0.923. The van der Waals surface area contributed by atoms with Crippen LogP contribution in [0.2, 0.25) is 0 Å². The summed E-state index contributed by atoms with van der Waals surface area (Å²) in [6.45, 7) is 7.36. The number of aromatic nitrogens is 1. The molecule has 1 aromatic carbocycles. The number of carbonyl (C=O) groups is 2. The van der Waals surface area contributed by atoms with Gasteiger partial charge in [-0.05, 0) is 17.5 Å². The minimum Gasteiger partial charge on any atom is -0.465 e. The predicted molar refractivity (Wildman–Crippen MR) is 103 cm³/mol. The molecule has 0 spiro atoms. The highest BCUT2D eigenvalue weighted by Gasteiger charge is 2.53. The Kier molecular flexibility index (Phi) is 4.59. The molecule has 0 aliphatic carbocycles. The van der Waals surface area contributed by atoms with Gasteiger partial charge >= 0.3 is 6.09 Å². The molecule has 0 bridgehead atoms. The van der Waals surface area contributed by atoms with Crippen molar-refractivity contribution < 1.29 is 23.5 Å². The van der Waals surface area contributed by atoms with Crippen molar-refractivity contribution in [1.29, 1.82) is 0 Å². The number of fused-ring (bicyclic) bond motifs is 1. The zero-order valence-corrected chi connectivity index (χ0v) is 16.6. The first kappa shape index (κ1) is 19.4. The van der Waals surface area contributed by atoms with Crippen LogP contribution < -0.4 is 0 Å². The molecule has 2 amide bonds. The van der Waals surface area contributed by atoms with E-state index in [0.29, 0.717) is 19.6 Å². The number of amides is 2. The summed E-state index contributed by atoms with van der Waals surface area (Å²) in [6.07, 6.45) is 1.82. The summed E-state index contributed by atoms with van der Waals surface area (Å²) in [4.78, 5) is 32.2. The van der Waals surface area contributed by atoms with Crippen LogP contribution in [0, 0.1) is 23.1 Å². The van der Waals surface area contributed by atoms with Crippen molar-refractivity contribution in [2.24, 2.45) is 17.3 Å². The number of carboxylic acid groups (broad SMARTS) is 1. The molecule has 7 nitrogen and oxygen atoms in total. The Hall–Kier alpha value is -2.90. The molecule has 3 unspecified atom stereocenters. The Balaban J connectivity index is 1.63. The Bertz CT molecular complexity index is 938. The van der Waals surface area contributed by atoms with Crippen LogP contribution in [-0.2, 0) is 0 Å². The molecule has 2 aliphatic rings. The van der Waals surface area contributed by atoms with Crippen molar-refractivity contribution in [2.75, 3.05) is 19.6 Å². The van der Waals surface area contributed by atoms with Crippen LogP contribution in [0.25, 0.3) is 11.5 Å². The Morgan fingerprint density at radius 2 is 2.00 bits per heavy atom. The van der Waals surface area contributed by atoms with E-state index in [4.69, 9.17) is 4.42 Å². The highest BCUT2D eigenvalue weighted by atomic mass is 19.1. The lowest BCUT2D eigenvalue weighted by molar-refractivity contribution is 0.0697. The molecule has 2 saturated heterocycles. The number of carbonyl (C=O) groups excluding carboxylic acids is 1. The van der Waals surface area contributed by atoms with Crippen LogP contribution in [0.15, 0.2) is 35.1 Å². The maximum absolute atomic E-state index is 14.5. The third-order valence-corrected chi connectivity index (χ3v) is 5.97. The number of hydrogen-bond donors (Lipinski definition) is 1. The molecule has 3 atom stereocenters. The van der Waals surface area contributed by atoms with E-state index in [1.54, 1.807) is 11.0 Å². The average molecular weight is 401 g/mol. The standard InChI is InChI=1S/C21H24FN3O4/c1-21(2,3)17-14-11-24(9-12(14)10-25(17)20(27)28)19(26)13-5-4-6-15(22)16(13)18-23-7-8-29-18/h4-8,12,14,17H,9-11H2,1-3H3,(H,27,28). The van der Waals surface area contributed by atoms with Crippen LogP contribution in [0.3, 0.4) is 0 Å². The first-order valence-corrected chi connectivity index (χ1v) is 9.65. The third kappa shape index (κ3) is 3.26. The molecule has 4 rings (SSSR count). The second-order valence-electron chi connectivity index (χ2n) is 8.88. The van der Waals surface area contributed by atoms with Crippen molar-refractivity contribution in [2.45, 2.75) is 26.8 Å². The molecule has 2 fully saturated rings. The van der Waals surface area contributed by atoms with E-state index >= 15 is 0 Å². The molecule has 8 heteroatoms. The summed E-state index contributed by atoms with van der Waals surface area (Å²) in [5.41, 5.74) is 0.00723. The summed E-state index contributed by atoms with van der Waals surface area (Å²) >= 11 is 0. The van der Waals surface area contributed by atoms with Gasteiger partial charge in [-0.2, -0.15) is 0 Å². The smallest absolute Gasteiger partial charge is 0.407 e. The maximum Gasteiger partial charge on any atom is 0.407 e. The van der Waals surface area contributed by atoms with E-state index in [2.05, 4.69) is 4.98 Å². The molecule has 0 radical (unpaired) electrons. The van der Waals surface area contributed by atoms with Gasteiger partial charge in [-0.3, -0.25) is 4.79 Å². The van der Waals surface area contributed by atoms with Crippen LogP contribution in [0.1, 0.15) is 31.1 Å². The number of likely N-dealkylation sites (tertiary alicyclic amines) is 2. The fourth-order valence-corrected chi connectivity index (χ4v) is 4.95. The number of rotatable bonds is 2. The second-order valence-corrected chi connectivity index (χ2v) is 8.88. The zero-order valence-electron chi connectivity index (χ0n) is 16.6. The van der Waals surface area contributed by atoms with Gasteiger partial charge in [0.25, 0.3) is 5.91 Å². The minimum absolute atomic E-state index is 0.0498. The van der Waals surface area contributed by atoms with Gasteiger partial charge in [0.2, 0.25) is 5.89 Å². The van der Waals surface area contributed by atoms with E-state index in [1.165, 1.54) is 29.5 Å². The molecule has 154 valence electrons. The van der Waals surface area contributed by atoms with Crippen molar-refractivity contribution >= 4 is 12.0 Å². The van der Waals surface area contributed by atoms with Gasteiger partial charge in [-0.25, -0.2) is 14.2 Å². The van der Waals surface area contributed by atoms with Crippen molar-refractivity contribution in [3.05, 3.63) is 42.0 Å². The number of nitrogens with zero attached hydrogens (tertiary/aromatic N) is 3. The Morgan fingerprint density at radius 3 is 2.62 bits per heavy atom. The quantitative estimate of drug-likeness (QED) is 0.831. The normalized spacial score (nSPS) is 24.1. The molecule has 1 aromatic heterocycles. The van der Waals surface area contributed by atoms with E-state index < -0.39 is 11.9 Å². The van der Waals surface area contributed by atoms with Gasteiger partial charge in [-0.15, -0.1) is 0 Å². The molecule has 2 aliphatic heterocycles. The van der Waals surface area contributed by atoms with E-state index in [1.807, 2.05) is 20.8 Å². The Morgan fingerprint density at radius 1 is 1.24 bits per heavy atom. The van der Waals surface area contributed by atoms with E-state index in [0.717, 1.165) is 0 Å². The second kappa shape index (κ2) is 6.86. The van der Waals surface area contributed by atoms with Gasteiger partial charge in [0.1, 0.15) is 12.1 Å². The fraction of sp³-hybridized carbons (Fsp3) is 0.476. The lowest BCUT2D eigenvalue weighted by Gasteiger charge is -2.37. The summed E-state index contributed by atoms with van der Waals surface area (Å²) in [7, 11) is 0. The van der Waals surface area contributed by atoms with Crippen molar-refractivity contribution in [3.8, 4) is 11.5 Å². The summed E-state index contributed by atoms with van der Waals surface area (Å²) in [5, 5.41) is 9.61. The number of oxazole rings is 1. The average Bonchev–Trinajstić information content (AvgIpc) is 3.35. The molecule has 2 aromatic rings. The summed E-state index contributed by atoms with van der Waals surface area (Å²) < 4.78 is 19.7. The lowest BCUT2D eigenvalue weighted by Crippen LogP contribution is -2.47. The number of hydrogen-bond acceptors (Lipinski definition) is 4. The van der Waals surface area contributed by atoms with E-state index in [9.17, 15) is 19.1 Å². The van der Waals surface area contributed by atoms with Crippen LogP contribution in [0.4, 0.5) is 9.18 Å². The molecule has 0 saturated carbocycles. The lowest BCUT2D eigenvalue weighted by atomic mass is 9.78. The predicted octanol–water partition coefficient (Wildman–Crippen LogP) is 3.58. The number of halogens is 1. The first-order chi connectivity index (χ1) is 13.7. The monoisotopic (exact) mass is 401 g/mol. The Labute approximate surface area is 168 Å². The van der Waals surface area contributed by atoms with Gasteiger partial charge < -0.3 is 19.3 Å². The summed E-state index contributed by atoms with van der Waals surface area (Å²) in [6, 6.07) is 4.16. The largest absolute Gasteiger partial charge is 0.465 e. The van der Waals surface area contributed by atoms with Crippen LogP contribution in [0.5, 0.6) is 0 Å². The molecule has 3 heterocycles. The summed E-state index contributed by atoms with van der Waals surface area (Å²) in [5.74, 6) is -0.675. The SMILES string of the molecule is CC(C)(C)C1C2CN(C(=O)c3cccc(F)c3-c3ncco3)CC2CN1C(=O)O. The van der Waals surface area contributed by atoms with Crippen LogP contribution in [-0.4, -0.2) is 57.6 Å². The fourth-order valence-electron chi connectivity index (χ4n) is 4.95. The maximum atomic E-state index is 14.5. The number of benzene rings is 1. The highest BCUT2D eigenvalue weighted by Crippen LogP contribution is 2.44. The van der Waals surface area contributed by atoms with Gasteiger partial charge in [0.15, 0.2) is 0 Å². The first-order valence-electron chi connectivity index (χ1n) is 9.65. The third-order valence-electron chi connectivity index (χ3n) is 5.97. The topological polar surface area (TPSA) is 86.9 Å². The zero-order chi connectivity index (χ0) is 20.9. The molecular formula is C21H24FN3O4. The highest BCUT2D eigenvalue weighted by molar-refractivity contribution is 6.00. The van der Waals surface area contributed by atoms with Gasteiger partial charge in [0, 0.05) is 37.5 Å². The van der Waals surface area contributed by atoms with Crippen molar-refractivity contribution in [1.82, 2.24) is 14.8 Å². The van der Waals surface area contributed by atoms with Gasteiger partial charge in [-0.1, -0.05) is 26.8 Å². The van der Waals surface area contributed by atoms with Crippen LogP contribution >= 0.6 is 0 Å². The molecule has 1 N–H and O–H groups in total. The van der Waals surface area contributed by atoms with E-state index in [-0.39, 0.29) is 46.2 Å². The molecular weight excluding hydrogens is 377 g/mol. The van der Waals surface area contributed by atoms with Crippen molar-refractivity contribution in [3.63, 3.8) is 0 Å².